The molecule has 5 heteroatoms. The Bertz CT molecular complexity index is 397. The van der Waals surface area contributed by atoms with Gasteiger partial charge in [0.05, 0.1) is 0 Å². The third-order valence-electron chi connectivity index (χ3n) is 2.08. The molecule has 0 aliphatic rings. The molecule has 17 heavy (non-hydrogen) atoms. The Balaban J connectivity index is 2.52. The van der Waals surface area contributed by atoms with Gasteiger partial charge in [-0.05, 0) is 18.6 Å². The van der Waals surface area contributed by atoms with Gasteiger partial charge in [0.25, 0.3) is 0 Å². The maximum absolute atomic E-state index is 10.5. The molecule has 0 amide bonds. The molecule has 0 saturated carbocycles. The number of para-hydroxylation sites is 1. The van der Waals surface area contributed by atoms with Crippen LogP contribution in [0, 0.1) is 0 Å². The lowest BCUT2D eigenvalue weighted by Gasteiger charge is -2.22. The number of ether oxygens (including phenoxy) is 1. The lowest BCUT2D eigenvalue weighted by atomic mass is 10.1. The summed E-state index contributed by atoms with van der Waals surface area (Å²) in [5.41, 5.74) is -0.103. The summed E-state index contributed by atoms with van der Waals surface area (Å²) in [5.74, 6) is -3.28. The molecule has 0 saturated heterocycles. The number of carbonyl (C=O) groups is 1. The van der Waals surface area contributed by atoms with Gasteiger partial charge < -0.3 is 20.1 Å². The van der Waals surface area contributed by atoms with Gasteiger partial charge in [0.15, 0.2) is 0 Å². The molecule has 1 aromatic rings. The standard InChI is InChI=1S/C12H14O5/c1-9(11(13)14)7-8-12(15,16)17-10-5-3-2-4-6-10/h2-6,15-16H,1,7-8H2,(H,13,14). The van der Waals surface area contributed by atoms with Crippen LogP contribution in [0.5, 0.6) is 5.75 Å². The number of carboxylic acid groups (broad SMARTS) is 1. The topological polar surface area (TPSA) is 87.0 Å². The Morgan fingerprint density at radius 1 is 1.29 bits per heavy atom. The molecule has 0 aliphatic carbocycles. The summed E-state index contributed by atoms with van der Waals surface area (Å²) in [6.45, 7) is 3.29. The van der Waals surface area contributed by atoms with E-state index in [0.29, 0.717) is 5.75 Å². The number of rotatable bonds is 6. The monoisotopic (exact) mass is 238 g/mol. The predicted molar refractivity (Wildman–Crippen MR) is 60.2 cm³/mol. The van der Waals surface area contributed by atoms with Gasteiger partial charge in [0.2, 0.25) is 0 Å². The van der Waals surface area contributed by atoms with Crippen LogP contribution in [0.4, 0.5) is 0 Å². The summed E-state index contributed by atoms with van der Waals surface area (Å²) < 4.78 is 4.91. The molecule has 0 atom stereocenters. The molecule has 0 aliphatic heterocycles. The summed E-state index contributed by atoms with van der Waals surface area (Å²) in [7, 11) is 0. The van der Waals surface area contributed by atoms with Crippen LogP contribution in [0.2, 0.25) is 0 Å². The molecular weight excluding hydrogens is 224 g/mol. The molecule has 0 heterocycles. The Morgan fingerprint density at radius 2 is 1.88 bits per heavy atom. The minimum Gasteiger partial charge on any atom is -0.478 e. The highest BCUT2D eigenvalue weighted by atomic mass is 16.8. The second-order valence-electron chi connectivity index (χ2n) is 3.57. The van der Waals surface area contributed by atoms with Gasteiger partial charge in [-0.15, -0.1) is 0 Å². The van der Waals surface area contributed by atoms with E-state index in [1.54, 1.807) is 30.3 Å². The molecule has 0 unspecified atom stereocenters. The minimum atomic E-state index is -2.40. The second kappa shape index (κ2) is 5.47. The van der Waals surface area contributed by atoms with Gasteiger partial charge in [-0.3, -0.25) is 0 Å². The Kier molecular flexibility index (Phi) is 4.25. The lowest BCUT2D eigenvalue weighted by Crippen LogP contribution is -2.35. The second-order valence-corrected chi connectivity index (χ2v) is 3.57. The number of carboxylic acids is 1. The van der Waals surface area contributed by atoms with Crippen molar-refractivity contribution in [1.29, 1.82) is 0 Å². The first-order valence-electron chi connectivity index (χ1n) is 5.00. The van der Waals surface area contributed by atoms with Crippen LogP contribution in [0.15, 0.2) is 42.5 Å². The molecule has 92 valence electrons. The fraction of sp³-hybridized carbons (Fsp3) is 0.250. The molecule has 0 spiro atoms. The van der Waals surface area contributed by atoms with Crippen molar-refractivity contribution in [2.75, 3.05) is 0 Å². The van der Waals surface area contributed by atoms with Crippen LogP contribution in [0.25, 0.3) is 0 Å². The van der Waals surface area contributed by atoms with E-state index in [4.69, 9.17) is 9.84 Å². The zero-order valence-electron chi connectivity index (χ0n) is 9.17. The first-order valence-corrected chi connectivity index (χ1v) is 5.00. The smallest absolute Gasteiger partial charge is 0.330 e. The van der Waals surface area contributed by atoms with E-state index in [2.05, 4.69) is 6.58 Å². The maximum atomic E-state index is 10.5. The van der Waals surface area contributed by atoms with Gasteiger partial charge in [-0.1, -0.05) is 24.8 Å². The van der Waals surface area contributed by atoms with E-state index < -0.39 is 11.9 Å². The van der Waals surface area contributed by atoms with E-state index in [1.165, 1.54) is 0 Å². The summed E-state index contributed by atoms with van der Waals surface area (Å²) in [6.07, 6.45) is -0.345. The third-order valence-corrected chi connectivity index (χ3v) is 2.08. The van der Waals surface area contributed by atoms with Gasteiger partial charge in [0.1, 0.15) is 5.75 Å². The van der Waals surface area contributed by atoms with Crippen molar-refractivity contribution in [3.05, 3.63) is 42.5 Å². The molecule has 3 N–H and O–H groups in total. The summed E-state index contributed by atoms with van der Waals surface area (Å²) in [6, 6.07) is 8.25. The van der Waals surface area contributed by atoms with Gasteiger partial charge in [-0.25, -0.2) is 4.79 Å². The van der Waals surface area contributed by atoms with Crippen molar-refractivity contribution in [3.8, 4) is 5.75 Å². The fourth-order valence-electron chi connectivity index (χ4n) is 1.15. The maximum Gasteiger partial charge on any atom is 0.330 e. The molecule has 0 radical (unpaired) electrons. The molecule has 0 aromatic heterocycles. The van der Waals surface area contributed by atoms with Crippen LogP contribution in [-0.2, 0) is 4.79 Å². The van der Waals surface area contributed by atoms with E-state index in [-0.39, 0.29) is 18.4 Å². The van der Waals surface area contributed by atoms with E-state index in [9.17, 15) is 15.0 Å². The summed E-state index contributed by atoms with van der Waals surface area (Å²) in [5, 5.41) is 27.6. The van der Waals surface area contributed by atoms with Crippen LogP contribution in [0.1, 0.15) is 12.8 Å². The number of benzene rings is 1. The highest BCUT2D eigenvalue weighted by molar-refractivity contribution is 5.85. The molecule has 0 fully saturated rings. The largest absolute Gasteiger partial charge is 0.478 e. The molecule has 1 rings (SSSR count). The minimum absolute atomic E-state index is 0.0742. The van der Waals surface area contributed by atoms with Crippen LogP contribution >= 0.6 is 0 Å². The highest BCUT2D eigenvalue weighted by Crippen LogP contribution is 2.19. The quantitative estimate of drug-likeness (QED) is 0.510. The highest BCUT2D eigenvalue weighted by Gasteiger charge is 2.26. The number of hydrogen-bond acceptors (Lipinski definition) is 4. The van der Waals surface area contributed by atoms with Crippen molar-refractivity contribution < 1.29 is 24.9 Å². The van der Waals surface area contributed by atoms with E-state index in [1.807, 2.05) is 0 Å². The predicted octanol–water partition coefficient (Wildman–Crippen LogP) is 1.12. The zero-order chi connectivity index (χ0) is 12.9. The number of aliphatic carboxylic acids is 1. The fourth-order valence-corrected chi connectivity index (χ4v) is 1.15. The van der Waals surface area contributed by atoms with Crippen molar-refractivity contribution in [1.82, 2.24) is 0 Å². The van der Waals surface area contributed by atoms with Gasteiger partial charge >= 0.3 is 11.9 Å². The van der Waals surface area contributed by atoms with Gasteiger partial charge in [0, 0.05) is 12.0 Å². The Labute approximate surface area is 98.6 Å². The SMILES string of the molecule is C=C(CCC(O)(O)Oc1ccccc1)C(=O)O. The van der Waals surface area contributed by atoms with Gasteiger partial charge in [-0.2, -0.15) is 0 Å². The number of hydrogen-bond donors (Lipinski definition) is 3. The average Bonchev–Trinajstić information content (AvgIpc) is 2.26. The lowest BCUT2D eigenvalue weighted by molar-refractivity contribution is -0.294. The summed E-state index contributed by atoms with van der Waals surface area (Å²) in [4.78, 5) is 10.5. The van der Waals surface area contributed by atoms with Crippen molar-refractivity contribution in [3.63, 3.8) is 0 Å². The molecule has 1 aromatic carbocycles. The first-order chi connectivity index (χ1) is 7.91. The zero-order valence-corrected chi connectivity index (χ0v) is 9.17. The number of aliphatic hydroxyl groups is 2. The van der Waals surface area contributed by atoms with Crippen molar-refractivity contribution >= 4 is 5.97 Å². The van der Waals surface area contributed by atoms with Crippen molar-refractivity contribution in [2.24, 2.45) is 0 Å². The normalized spacial score (nSPS) is 10.9. The average molecular weight is 238 g/mol. The van der Waals surface area contributed by atoms with Crippen LogP contribution in [0.3, 0.4) is 0 Å². The Hall–Kier alpha value is -1.85. The Morgan fingerprint density at radius 3 is 2.41 bits per heavy atom. The van der Waals surface area contributed by atoms with Crippen molar-refractivity contribution in [2.45, 2.75) is 18.8 Å². The summed E-state index contributed by atoms with van der Waals surface area (Å²) >= 11 is 0. The van der Waals surface area contributed by atoms with Crippen LogP contribution in [-0.4, -0.2) is 27.3 Å². The van der Waals surface area contributed by atoms with Crippen LogP contribution < -0.4 is 4.74 Å². The third kappa shape index (κ3) is 4.67. The van der Waals surface area contributed by atoms with E-state index in [0.717, 1.165) is 0 Å². The molecule has 0 bridgehead atoms. The van der Waals surface area contributed by atoms with E-state index >= 15 is 0 Å². The molecule has 5 nitrogen and oxygen atoms in total. The molecular formula is C12H14O5. The first kappa shape index (κ1) is 13.2.